The number of aromatic nitrogens is 1. The molecule has 4 heteroatoms. The number of nitrogens with one attached hydrogen (secondary N) is 1. The number of rotatable bonds is 6. The first-order valence-corrected chi connectivity index (χ1v) is 7.50. The molecule has 1 atom stereocenters. The molecule has 4 nitrogen and oxygen atoms in total. The Bertz CT molecular complexity index is 608. The molecule has 0 aliphatic carbocycles. The zero-order valence-electron chi connectivity index (χ0n) is 13.0. The van der Waals surface area contributed by atoms with Gasteiger partial charge in [0.2, 0.25) is 5.91 Å². The van der Waals surface area contributed by atoms with Crippen LogP contribution in [0.3, 0.4) is 0 Å². The molecule has 0 fully saturated rings. The molecule has 1 heterocycles. The maximum Gasteiger partial charge on any atom is 0.239 e. The molecule has 0 radical (unpaired) electrons. The third kappa shape index (κ3) is 3.79. The van der Waals surface area contributed by atoms with Gasteiger partial charge in [-0.25, -0.2) is 0 Å². The molecule has 0 spiro atoms. The molecular weight excluding hydrogens is 262 g/mol. The maximum absolute atomic E-state index is 12.2. The van der Waals surface area contributed by atoms with E-state index in [1.165, 1.54) is 10.9 Å². The van der Waals surface area contributed by atoms with Crippen molar-refractivity contribution >= 4 is 16.7 Å². The fourth-order valence-corrected chi connectivity index (χ4v) is 2.41. The normalized spacial score (nSPS) is 12.3. The summed E-state index contributed by atoms with van der Waals surface area (Å²) in [5, 5.41) is 5.61. The van der Waals surface area contributed by atoms with Gasteiger partial charge < -0.3 is 10.2 Å². The number of benzene rings is 1. The molecule has 1 aromatic heterocycles. The Hall–Kier alpha value is -1.94. The van der Waals surface area contributed by atoms with E-state index in [0.717, 1.165) is 18.5 Å². The van der Waals surface area contributed by atoms with Crippen molar-refractivity contribution in [1.29, 1.82) is 0 Å². The van der Waals surface area contributed by atoms with E-state index in [1.54, 1.807) is 6.20 Å². The van der Waals surface area contributed by atoms with E-state index in [2.05, 4.69) is 28.5 Å². The molecule has 0 aliphatic heterocycles. The van der Waals surface area contributed by atoms with Crippen LogP contribution in [0.25, 0.3) is 10.8 Å². The quantitative estimate of drug-likeness (QED) is 0.887. The summed E-state index contributed by atoms with van der Waals surface area (Å²) in [6, 6.07) is 8.11. The lowest BCUT2D eigenvalue weighted by Gasteiger charge is -2.23. The predicted octanol–water partition coefficient (Wildman–Crippen LogP) is 2.58. The third-order valence-electron chi connectivity index (χ3n) is 3.76. The number of hydrogen-bond acceptors (Lipinski definition) is 3. The molecule has 0 saturated heterocycles. The zero-order chi connectivity index (χ0) is 15.2. The molecule has 0 aliphatic rings. The summed E-state index contributed by atoms with van der Waals surface area (Å²) in [5.74, 6) is 0.157. The van der Waals surface area contributed by atoms with Gasteiger partial charge in [0.05, 0.1) is 6.04 Å². The van der Waals surface area contributed by atoms with E-state index < -0.39 is 0 Å². The Balaban J connectivity index is 1.99. The van der Waals surface area contributed by atoms with Crippen LogP contribution >= 0.6 is 0 Å². The molecular formula is C17H23N3O. The van der Waals surface area contributed by atoms with Crippen molar-refractivity contribution in [3.05, 3.63) is 42.2 Å². The smallest absolute Gasteiger partial charge is 0.239 e. The van der Waals surface area contributed by atoms with Crippen molar-refractivity contribution in [1.82, 2.24) is 15.2 Å². The van der Waals surface area contributed by atoms with Crippen LogP contribution in [0.15, 0.2) is 36.7 Å². The fourth-order valence-electron chi connectivity index (χ4n) is 2.41. The van der Waals surface area contributed by atoms with Crippen LogP contribution in [0.4, 0.5) is 0 Å². The number of hydrogen-bond donors (Lipinski definition) is 1. The first-order chi connectivity index (χ1) is 10.2. The molecule has 1 unspecified atom stereocenters. The van der Waals surface area contributed by atoms with E-state index in [0.29, 0.717) is 6.54 Å². The van der Waals surface area contributed by atoms with Crippen LogP contribution in [0.1, 0.15) is 26.3 Å². The Labute approximate surface area is 126 Å². The van der Waals surface area contributed by atoms with Crippen LogP contribution in [0.5, 0.6) is 0 Å². The molecule has 1 N–H and O–H groups in total. The fraction of sp³-hybridized carbons (Fsp3) is 0.412. The van der Waals surface area contributed by atoms with Crippen molar-refractivity contribution in [3.8, 4) is 0 Å². The number of amides is 1. The highest BCUT2D eigenvalue weighted by atomic mass is 16.2. The number of likely N-dealkylation sites (N-methyl/N-ethyl adjacent to an activating group) is 1. The number of nitrogens with zero attached hydrogens (tertiary/aromatic N) is 2. The molecule has 1 aromatic carbocycles. The first-order valence-electron chi connectivity index (χ1n) is 7.50. The van der Waals surface area contributed by atoms with Crippen molar-refractivity contribution in [2.45, 2.75) is 33.4 Å². The molecule has 0 saturated carbocycles. The van der Waals surface area contributed by atoms with Gasteiger partial charge in [-0.1, -0.05) is 12.1 Å². The summed E-state index contributed by atoms with van der Waals surface area (Å²) >= 11 is 0. The minimum Gasteiger partial charge on any atom is -0.342 e. The lowest BCUT2D eigenvalue weighted by molar-refractivity contribution is -0.132. The van der Waals surface area contributed by atoms with Gasteiger partial charge in [0.1, 0.15) is 0 Å². The molecule has 112 valence electrons. The monoisotopic (exact) mass is 285 g/mol. The second-order valence-corrected chi connectivity index (χ2v) is 5.17. The van der Waals surface area contributed by atoms with Crippen LogP contribution in [-0.2, 0) is 11.3 Å². The van der Waals surface area contributed by atoms with Crippen LogP contribution < -0.4 is 5.32 Å². The SMILES string of the molecule is CCN(CC)C(=O)C(C)NCc1ccc2cnccc2c1. The van der Waals surface area contributed by atoms with E-state index in [1.807, 2.05) is 37.9 Å². The molecule has 21 heavy (non-hydrogen) atoms. The van der Waals surface area contributed by atoms with Crippen molar-refractivity contribution in [2.24, 2.45) is 0 Å². The minimum absolute atomic E-state index is 0.157. The molecule has 0 bridgehead atoms. The molecule has 1 amide bonds. The highest BCUT2D eigenvalue weighted by molar-refractivity contribution is 5.82. The van der Waals surface area contributed by atoms with Gasteiger partial charge in [-0.2, -0.15) is 0 Å². The van der Waals surface area contributed by atoms with Crippen LogP contribution in [0, 0.1) is 0 Å². The second-order valence-electron chi connectivity index (χ2n) is 5.17. The van der Waals surface area contributed by atoms with Crippen molar-refractivity contribution in [3.63, 3.8) is 0 Å². The van der Waals surface area contributed by atoms with Crippen LogP contribution in [0.2, 0.25) is 0 Å². The number of carbonyl (C=O) groups excluding carboxylic acids is 1. The number of fused-ring (bicyclic) bond motifs is 1. The third-order valence-corrected chi connectivity index (χ3v) is 3.76. The average Bonchev–Trinajstić information content (AvgIpc) is 2.53. The Kier molecular flexibility index (Phi) is 5.28. The highest BCUT2D eigenvalue weighted by Crippen LogP contribution is 2.14. The average molecular weight is 285 g/mol. The summed E-state index contributed by atoms with van der Waals surface area (Å²) in [4.78, 5) is 18.2. The molecule has 2 aromatic rings. The summed E-state index contributed by atoms with van der Waals surface area (Å²) in [6.07, 6.45) is 3.66. The largest absolute Gasteiger partial charge is 0.342 e. The van der Waals surface area contributed by atoms with Gasteiger partial charge in [0, 0.05) is 37.4 Å². The first kappa shape index (κ1) is 15.4. The topological polar surface area (TPSA) is 45.2 Å². The second kappa shape index (κ2) is 7.18. The lowest BCUT2D eigenvalue weighted by Crippen LogP contribution is -2.44. The van der Waals surface area contributed by atoms with Crippen molar-refractivity contribution < 1.29 is 4.79 Å². The summed E-state index contributed by atoms with van der Waals surface area (Å²) in [5.41, 5.74) is 1.17. The number of carbonyl (C=O) groups is 1. The Morgan fingerprint density at radius 1 is 1.24 bits per heavy atom. The minimum atomic E-state index is -0.168. The van der Waals surface area contributed by atoms with Gasteiger partial charge in [0.15, 0.2) is 0 Å². The van der Waals surface area contributed by atoms with E-state index in [9.17, 15) is 4.79 Å². The van der Waals surface area contributed by atoms with Gasteiger partial charge in [0.25, 0.3) is 0 Å². The predicted molar refractivity (Wildman–Crippen MR) is 86.0 cm³/mol. The molecule has 2 rings (SSSR count). The lowest BCUT2D eigenvalue weighted by atomic mass is 10.1. The zero-order valence-corrected chi connectivity index (χ0v) is 13.0. The Morgan fingerprint density at radius 2 is 2.00 bits per heavy atom. The van der Waals surface area contributed by atoms with E-state index in [-0.39, 0.29) is 11.9 Å². The summed E-state index contributed by atoms with van der Waals surface area (Å²) in [6.45, 7) is 8.13. The van der Waals surface area contributed by atoms with E-state index in [4.69, 9.17) is 0 Å². The van der Waals surface area contributed by atoms with Gasteiger partial charge in [-0.3, -0.25) is 9.78 Å². The van der Waals surface area contributed by atoms with Gasteiger partial charge in [-0.15, -0.1) is 0 Å². The summed E-state index contributed by atoms with van der Waals surface area (Å²) < 4.78 is 0. The standard InChI is InChI=1S/C17H23N3O/c1-4-20(5-2)17(21)13(3)19-11-14-6-7-16-12-18-9-8-15(16)10-14/h6-10,12-13,19H,4-5,11H2,1-3H3. The van der Waals surface area contributed by atoms with E-state index >= 15 is 0 Å². The Morgan fingerprint density at radius 3 is 2.71 bits per heavy atom. The van der Waals surface area contributed by atoms with Gasteiger partial charge in [-0.05, 0) is 43.9 Å². The van der Waals surface area contributed by atoms with Gasteiger partial charge >= 0.3 is 0 Å². The number of pyridine rings is 1. The highest BCUT2D eigenvalue weighted by Gasteiger charge is 2.17. The van der Waals surface area contributed by atoms with Crippen molar-refractivity contribution in [2.75, 3.05) is 13.1 Å². The van der Waals surface area contributed by atoms with Crippen LogP contribution in [-0.4, -0.2) is 34.9 Å². The maximum atomic E-state index is 12.2. The summed E-state index contributed by atoms with van der Waals surface area (Å²) in [7, 11) is 0.